The first-order valence-electron chi connectivity index (χ1n) is 9.84. The van der Waals surface area contributed by atoms with Crippen LogP contribution in [-0.4, -0.2) is 27.7 Å². The number of nitrogens with zero attached hydrogens (tertiary/aromatic N) is 1. The van der Waals surface area contributed by atoms with E-state index < -0.39 is 22.5 Å². The summed E-state index contributed by atoms with van der Waals surface area (Å²) in [4.78, 5) is 12.9. The molecule has 166 valence electrons. The SMILES string of the molecule is Cc1ccc(Cl)cc1N(CC(=O)NCc1ccc2c(c1)OCO2)S(=O)(=O)c1ccccc1. The highest BCUT2D eigenvalue weighted by atomic mass is 35.5. The standard InChI is InChI=1S/C23H21ClN2O5S/c1-16-7-9-18(24)12-20(16)26(32(28,29)19-5-3-2-4-6-19)14-23(27)25-13-17-8-10-21-22(11-17)31-15-30-21/h2-12H,13-15H2,1H3,(H,25,27). The molecule has 1 heterocycles. The first kappa shape index (κ1) is 22.0. The van der Waals surface area contributed by atoms with Crippen LogP contribution in [-0.2, 0) is 21.4 Å². The number of aryl methyl sites for hydroxylation is 1. The molecule has 0 aromatic heterocycles. The van der Waals surface area contributed by atoms with Crippen LogP contribution in [0.5, 0.6) is 11.5 Å². The summed E-state index contributed by atoms with van der Waals surface area (Å²) >= 11 is 6.14. The van der Waals surface area contributed by atoms with E-state index in [1.807, 2.05) is 6.07 Å². The van der Waals surface area contributed by atoms with Gasteiger partial charge in [-0.05, 0) is 54.4 Å². The van der Waals surface area contributed by atoms with Gasteiger partial charge in [-0.25, -0.2) is 8.42 Å². The molecule has 0 aliphatic carbocycles. The second kappa shape index (κ2) is 9.10. The third kappa shape index (κ3) is 4.66. The molecule has 0 fully saturated rings. The quantitative estimate of drug-likeness (QED) is 0.564. The van der Waals surface area contributed by atoms with E-state index in [4.69, 9.17) is 21.1 Å². The second-order valence-corrected chi connectivity index (χ2v) is 9.52. The van der Waals surface area contributed by atoms with Crippen molar-refractivity contribution in [3.8, 4) is 11.5 Å². The highest BCUT2D eigenvalue weighted by Crippen LogP contribution is 2.32. The number of rotatable bonds is 7. The normalized spacial score (nSPS) is 12.4. The van der Waals surface area contributed by atoms with Gasteiger partial charge in [-0.3, -0.25) is 9.10 Å². The zero-order chi connectivity index (χ0) is 22.7. The van der Waals surface area contributed by atoms with Gasteiger partial charge in [0.1, 0.15) is 6.54 Å². The van der Waals surface area contributed by atoms with Gasteiger partial charge < -0.3 is 14.8 Å². The van der Waals surface area contributed by atoms with Gasteiger partial charge in [0.15, 0.2) is 11.5 Å². The molecular weight excluding hydrogens is 452 g/mol. The largest absolute Gasteiger partial charge is 0.454 e. The summed E-state index contributed by atoms with van der Waals surface area (Å²) in [5, 5.41) is 3.15. The molecule has 1 amide bonds. The molecule has 0 radical (unpaired) electrons. The van der Waals surface area contributed by atoms with Gasteiger partial charge in [0, 0.05) is 11.6 Å². The third-order valence-corrected chi connectivity index (χ3v) is 6.99. The molecule has 0 bridgehead atoms. The monoisotopic (exact) mass is 472 g/mol. The van der Waals surface area contributed by atoms with Crippen molar-refractivity contribution in [1.29, 1.82) is 0 Å². The molecule has 7 nitrogen and oxygen atoms in total. The van der Waals surface area contributed by atoms with Crippen molar-refractivity contribution >= 4 is 33.2 Å². The number of benzene rings is 3. The topological polar surface area (TPSA) is 84.9 Å². The number of hydrogen-bond acceptors (Lipinski definition) is 5. The van der Waals surface area contributed by atoms with Gasteiger partial charge in [0.25, 0.3) is 10.0 Å². The summed E-state index contributed by atoms with van der Waals surface area (Å²) in [6.07, 6.45) is 0. The van der Waals surface area contributed by atoms with Gasteiger partial charge in [0.2, 0.25) is 12.7 Å². The summed E-state index contributed by atoms with van der Waals surface area (Å²) in [5.74, 6) is 0.803. The zero-order valence-electron chi connectivity index (χ0n) is 17.2. The van der Waals surface area contributed by atoms with Crippen LogP contribution in [0.2, 0.25) is 5.02 Å². The maximum atomic E-state index is 13.4. The van der Waals surface area contributed by atoms with Crippen LogP contribution in [0.4, 0.5) is 5.69 Å². The van der Waals surface area contributed by atoms with Crippen molar-refractivity contribution < 1.29 is 22.7 Å². The number of nitrogens with one attached hydrogen (secondary N) is 1. The minimum Gasteiger partial charge on any atom is -0.454 e. The number of amides is 1. The minimum absolute atomic E-state index is 0.0861. The van der Waals surface area contributed by atoms with Gasteiger partial charge in [0.05, 0.1) is 10.6 Å². The van der Waals surface area contributed by atoms with Crippen LogP contribution >= 0.6 is 11.6 Å². The van der Waals surface area contributed by atoms with E-state index in [1.165, 1.54) is 12.1 Å². The van der Waals surface area contributed by atoms with Gasteiger partial charge in [-0.15, -0.1) is 0 Å². The fraction of sp³-hybridized carbons (Fsp3) is 0.174. The third-order valence-electron chi connectivity index (χ3n) is 4.98. The first-order valence-corrected chi connectivity index (χ1v) is 11.7. The molecule has 1 aliphatic heterocycles. The number of carbonyl (C=O) groups is 1. The molecule has 9 heteroatoms. The maximum absolute atomic E-state index is 13.4. The zero-order valence-corrected chi connectivity index (χ0v) is 18.8. The van der Waals surface area contributed by atoms with Crippen LogP contribution in [0.1, 0.15) is 11.1 Å². The van der Waals surface area contributed by atoms with Gasteiger partial charge in [-0.1, -0.05) is 41.9 Å². The van der Waals surface area contributed by atoms with Crippen molar-refractivity contribution in [2.75, 3.05) is 17.6 Å². The van der Waals surface area contributed by atoms with Crippen molar-refractivity contribution in [3.63, 3.8) is 0 Å². The molecular formula is C23H21ClN2O5S. The fourth-order valence-electron chi connectivity index (χ4n) is 3.31. The molecule has 1 N–H and O–H groups in total. The molecule has 32 heavy (non-hydrogen) atoms. The van der Waals surface area contributed by atoms with E-state index >= 15 is 0 Å². The number of fused-ring (bicyclic) bond motifs is 1. The van der Waals surface area contributed by atoms with E-state index in [2.05, 4.69) is 5.32 Å². The molecule has 0 saturated carbocycles. The number of carbonyl (C=O) groups excluding carboxylic acids is 1. The van der Waals surface area contributed by atoms with Gasteiger partial charge >= 0.3 is 0 Å². The Morgan fingerprint density at radius 3 is 2.56 bits per heavy atom. The smallest absolute Gasteiger partial charge is 0.264 e. The van der Waals surface area contributed by atoms with Crippen LogP contribution in [0.3, 0.4) is 0 Å². The number of halogens is 1. The van der Waals surface area contributed by atoms with Crippen molar-refractivity contribution in [2.24, 2.45) is 0 Å². The lowest BCUT2D eigenvalue weighted by atomic mass is 10.2. The molecule has 4 rings (SSSR count). The second-order valence-electron chi connectivity index (χ2n) is 7.22. The molecule has 3 aromatic carbocycles. The van der Waals surface area contributed by atoms with Gasteiger partial charge in [-0.2, -0.15) is 0 Å². The maximum Gasteiger partial charge on any atom is 0.264 e. The minimum atomic E-state index is -4.00. The Hall–Kier alpha value is -3.23. The number of anilines is 1. The van der Waals surface area contributed by atoms with Crippen molar-refractivity contribution in [1.82, 2.24) is 5.32 Å². The van der Waals surface area contributed by atoms with Crippen LogP contribution in [0.15, 0.2) is 71.6 Å². The Morgan fingerprint density at radius 1 is 1.03 bits per heavy atom. The summed E-state index contributed by atoms with van der Waals surface area (Å²) in [6, 6.07) is 18.3. The lowest BCUT2D eigenvalue weighted by Crippen LogP contribution is -2.41. The molecule has 1 aliphatic rings. The average molecular weight is 473 g/mol. The highest BCUT2D eigenvalue weighted by molar-refractivity contribution is 7.92. The molecule has 3 aromatic rings. The number of hydrogen-bond donors (Lipinski definition) is 1. The fourth-order valence-corrected chi connectivity index (χ4v) is 4.97. The first-order chi connectivity index (χ1) is 15.3. The highest BCUT2D eigenvalue weighted by Gasteiger charge is 2.28. The predicted molar refractivity (Wildman–Crippen MR) is 122 cm³/mol. The Labute approximate surface area is 191 Å². The summed E-state index contributed by atoms with van der Waals surface area (Å²) < 4.78 is 38.5. The molecule has 0 saturated heterocycles. The summed E-state index contributed by atoms with van der Waals surface area (Å²) in [6.45, 7) is 1.74. The molecule has 0 spiro atoms. The lowest BCUT2D eigenvalue weighted by Gasteiger charge is -2.26. The number of sulfonamides is 1. The Balaban J connectivity index is 1.57. The Bertz CT molecular complexity index is 1250. The average Bonchev–Trinajstić information content (AvgIpc) is 3.26. The predicted octanol–water partition coefficient (Wildman–Crippen LogP) is 3.89. The molecule has 0 unspecified atom stereocenters. The number of ether oxygens (including phenoxy) is 2. The van der Waals surface area contributed by atoms with Crippen LogP contribution in [0, 0.1) is 6.92 Å². The van der Waals surface area contributed by atoms with E-state index in [-0.39, 0.29) is 18.2 Å². The van der Waals surface area contributed by atoms with E-state index in [1.54, 1.807) is 55.5 Å². The Kier molecular flexibility index (Phi) is 6.25. The Morgan fingerprint density at radius 2 is 1.78 bits per heavy atom. The van der Waals surface area contributed by atoms with E-state index in [9.17, 15) is 13.2 Å². The van der Waals surface area contributed by atoms with Crippen molar-refractivity contribution in [2.45, 2.75) is 18.4 Å². The van der Waals surface area contributed by atoms with Crippen LogP contribution < -0.4 is 19.1 Å². The molecule has 0 atom stereocenters. The van der Waals surface area contributed by atoms with E-state index in [0.717, 1.165) is 9.87 Å². The van der Waals surface area contributed by atoms with E-state index in [0.29, 0.717) is 27.8 Å². The van der Waals surface area contributed by atoms with Crippen molar-refractivity contribution in [3.05, 3.63) is 82.9 Å². The van der Waals surface area contributed by atoms with Crippen LogP contribution in [0.25, 0.3) is 0 Å². The summed E-state index contributed by atoms with van der Waals surface area (Å²) in [7, 11) is -4.00. The summed E-state index contributed by atoms with van der Waals surface area (Å²) in [5.41, 5.74) is 1.83. The lowest BCUT2D eigenvalue weighted by molar-refractivity contribution is -0.119.